The fraction of sp³-hybridized carbons (Fsp3) is 0.214. The quantitative estimate of drug-likeness (QED) is 0.651. The van der Waals surface area contributed by atoms with Crippen molar-refractivity contribution in [2.24, 2.45) is 0 Å². The second-order valence-corrected chi connectivity index (χ2v) is 6.70. The van der Waals surface area contributed by atoms with Gasteiger partial charge in [0, 0.05) is 28.8 Å². The summed E-state index contributed by atoms with van der Waals surface area (Å²) in [5, 5.41) is 2.83. The molecule has 1 aromatic carbocycles. The number of benzene rings is 1. The molecule has 0 saturated heterocycles. The van der Waals surface area contributed by atoms with Gasteiger partial charge in [0.2, 0.25) is 5.91 Å². The SMILES string of the molecule is O=C(CSc1nc2c(c(=O)[nH]1)CSC2)Nc1ccc(F)c(F)c1. The van der Waals surface area contributed by atoms with E-state index in [4.69, 9.17) is 0 Å². The number of anilines is 1. The topological polar surface area (TPSA) is 74.8 Å². The number of H-pyrrole nitrogens is 1. The van der Waals surface area contributed by atoms with E-state index in [1.807, 2.05) is 0 Å². The molecular formula is C14H11F2N3O2S2. The summed E-state index contributed by atoms with van der Waals surface area (Å²) in [6, 6.07) is 3.12. The highest BCUT2D eigenvalue weighted by molar-refractivity contribution is 7.99. The van der Waals surface area contributed by atoms with E-state index in [1.54, 1.807) is 11.8 Å². The summed E-state index contributed by atoms with van der Waals surface area (Å²) in [5.41, 5.74) is 1.43. The van der Waals surface area contributed by atoms with Crippen LogP contribution in [0.25, 0.3) is 0 Å². The number of fused-ring (bicyclic) bond motifs is 1. The smallest absolute Gasteiger partial charge is 0.255 e. The van der Waals surface area contributed by atoms with Crippen LogP contribution in [0.15, 0.2) is 28.2 Å². The third kappa shape index (κ3) is 3.73. The Morgan fingerprint density at radius 1 is 1.35 bits per heavy atom. The van der Waals surface area contributed by atoms with Gasteiger partial charge in [-0.3, -0.25) is 9.59 Å². The lowest BCUT2D eigenvalue weighted by Crippen LogP contribution is -2.17. The Kier molecular flexibility index (Phi) is 4.67. The summed E-state index contributed by atoms with van der Waals surface area (Å²) in [6.07, 6.45) is 0. The minimum atomic E-state index is -1.03. The van der Waals surface area contributed by atoms with Gasteiger partial charge in [-0.15, -0.1) is 0 Å². The highest BCUT2D eigenvalue weighted by Gasteiger charge is 2.18. The van der Waals surface area contributed by atoms with Crippen LogP contribution >= 0.6 is 23.5 Å². The molecule has 1 amide bonds. The van der Waals surface area contributed by atoms with Gasteiger partial charge in [0.1, 0.15) is 0 Å². The van der Waals surface area contributed by atoms with Crippen molar-refractivity contribution < 1.29 is 13.6 Å². The summed E-state index contributed by atoms with van der Waals surface area (Å²) >= 11 is 2.70. The molecule has 0 aliphatic carbocycles. The van der Waals surface area contributed by atoms with Gasteiger partial charge in [-0.05, 0) is 12.1 Å². The number of carbonyl (C=O) groups excluding carboxylic acids is 1. The van der Waals surface area contributed by atoms with E-state index in [2.05, 4.69) is 15.3 Å². The third-order valence-corrected chi connectivity index (χ3v) is 4.95. The van der Waals surface area contributed by atoms with Crippen LogP contribution in [0.1, 0.15) is 11.3 Å². The summed E-state index contributed by atoms with van der Waals surface area (Å²) < 4.78 is 25.9. The maximum atomic E-state index is 13.1. The van der Waals surface area contributed by atoms with E-state index in [-0.39, 0.29) is 17.0 Å². The number of rotatable bonds is 4. The molecule has 0 saturated carbocycles. The van der Waals surface area contributed by atoms with Crippen molar-refractivity contribution >= 4 is 35.1 Å². The monoisotopic (exact) mass is 355 g/mol. The Morgan fingerprint density at radius 2 is 2.17 bits per heavy atom. The highest BCUT2D eigenvalue weighted by atomic mass is 32.2. The Bertz CT molecular complexity index is 826. The molecule has 0 bridgehead atoms. The van der Waals surface area contributed by atoms with Crippen molar-refractivity contribution in [1.82, 2.24) is 9.97 Å². The fourth-order valence-electron chi connectivity index (χ4n) is 2.01. The molecule has 23 heavy (non-hydrogen) atoms. The van der Waals surface area contributed by atoms with Gasteiger partial charge < -0.3 is 10.3 Å². The van der Waals surface area contributed by atoms with Crippen molar-refractivity contribution in [3.8, 4) is 0 Å². The van der Waals surface area contributed by atoms with Gasteiger partial charge >= 0.3 is 0 Å². The highest BCUT2D eigenvalue weighted by Crippen LogP contribution is 2.26. The van der Waals surface area contributed by atoms with Crippen LogP contribution in [-0.4, -0.2) is 21.6 Å². The van der Waals surface area contributed by atoms with Gasteiger partial charge in [0.05, 0.1) is 11.4 Å². The number of aromatic amines is 1. The Morgan fingerprint density at radius 3 is 2.96 bits per heavy atom. The molecule has 0 fully saturated rings. The molecule has 5 nitrogen and oxygen atoms in total. The standard InChI is InChI=1S/C14H11F2N3O2S2/c15-9-2-1-7(3-10(9)16)17-12(20)6-23-14-18-11-5-22-4-8(11)13(21)19-14/h1-3H,4-6H2,(H,17,20)(H,18,19,21). The van der Waals surface area contributed by atoms with Gasteiger partial charge in [0.25, 0.3) is 5.56 Å². The minimum Gasteiger partial charge on any atom is -0.325 e. The lowest BCUT2D eigenvalue weighted by molar-refractivity contribution is -0.113. The van der Waals surface area contributed by atoms with Crippen LogP contribution in [0.3, 0.4) is 0 Å². The molecular weight excluding hydrogens is 344 g/mol. The summed E-state index contributed by atoms with van der Waals surface area (Å²) in [5.74, 6) is -1.08. The largest absolute Gasteiger partial charge is 0.325 e. The molecule has 1 aliphatic heterocycles. The molecule has 9 heteroatoms. The van der Waals surface area contributed by atoms with Crippen molar-refractivity contribution in [3.05, 3.63) is 51.4 Å². The number of hydrogen-bond acceptors (Lipinski definition) is 5. The van der Waals surface area contributed by atoms with Gasteiger partial charge in [-0.1, -0.05) is 11.8 Å². The Balaban J connectivity index is 1.62. The van der Waals surface area contributed by atoms with Crippen LogP contribution in [0, 0.1) is 11.6 Å². The molecule has 1 aromatic heterocycles. The van der Waals surface area contributed by atoms with E-state index in [9.17, 15) is 18.4 Å². The average molecular weight is 355 g/mol. The first-order valence-electron chi connectivity index (χ1n) is 6.60. The van der Waals surface area contributed by atoms with E-state index in [1.165, 1.54) is 6.07 Å². The average Bonchev–Trinajstić information content (AvgIpc) is 2.98. The number of halogens is 2. The van der Waals surface area contributed by atoms with Crippen molar-refractivity contribution in [2.45, 2.75) is 16.7 Å². The first-order chi connectivity index (χ1) is 11.0. The van der Waals surface area contributed by atoms with Gasteiger partial charge in [-0.2, -0.15) is 11.8 Å². The predicted octanol–water partition coefficient (Wildman–Crippen LogP) is 2.53. The summed E-state index contributed by atoms with van der Waals surface area (Å²) in [7, 11) is 0. The van der Waals surface area contributed by atoms with E-state index >= 15 is 0 Å². The zero-order valence-corrected chi connectivity index (χ0v) is 13.3. The normalized spacial score (nSPS) is 13.0. The van der Waals surface area contributed by atoms with Gasteiger partial charge in [-0.25, -0.2) is 13.8 Å². The molecule has 2 N–H and O–H groups in total. The second kappa shape index (κ2) is 6.71. The zero-order valence-electron chi connectivity index (χ0n) is 11.7. The first-order valence-corrected chi connectivity index (χ1v) is 8.74. The maximum absolute atomic E-state index is 13.1. The summed E-state index contributed by atoms with van der Waals surface area (Å²) in [6.45, 7) is 0. The molecule has 0 atom stereocenters. The number of amides is 1. The number of nitrogens with one attached hydrogen (secondary N) is 2. The number of carbonyl (C=O) groups is 1. The van der Waals surface area contributed by atoms with E-state index in [0.717, 1.165) is 29.6 Å². The molecule has 1 aliphatic rings. The lowest BCUT2D eigenvalue weighted by atomic mass is 10.3. The lowest BCUT2D eigenvalue weighted by Gasteiger charge is -2.06. The van der Waals surface area contributed by atoms with Crippen LogP contribution in [0.4, 0.5) is 14.5 Å². The number of hydrogen-bond donors (Lipinski definition) is 2. The number of nitrogens with zero attached hydrogens (tertiary/aromatic N) is 1. The molecule has 3 rings (SSSR count). The van der Waals surface area contributed by atoms with Gasteiger partial charge in [0.15, 0.2) is 16.8 Å². The van der Waals surface area contributed by atoms with Crippen molar-refractivity contribution in [1.29, 1.82) is 0 Å². The molecule has 0 unspecified atom stereocenters. The predicted molar refractivity (Wildman–Crippen MR) is 85.6 cm³/mol. The molecule has 0 spiro atoms. The van der Waals surface area contributed by atoms with Crippen LogP contribution in [-0.2, 0) is 16.3 Å². The molecule has 2 heterocycles. The fourth-order valence-corrected chi connectivity index (χ4v) is 3.73. The third-order valence-electron chi connectivity index (χ3n) is 3.11. The second-order valence-electron chi connectivity index (χ2n) is 4.75. The molecule has 120 valence electrons. The van der Waals surface area contributed by atoms with Crippen LogP contribution in [0.5, 0.6) is 0 Å². The van der Waals surface area contributed by atoms with E-state index in [0.29, 0.717) is 22.2 Å². The molecule has 0 radical (unpaired) electrons. The zero-order chi connectivity index (χ0) is 16.4. The van der Waals surface area contributed by atoms with Crippen LogP contribution < -0.4 is 10.9 Å². The maximum Gasteiger partial charge on any atom is 0.255 e. The van der Waals surface area contributed by atoms with Crippen molar-refractivity contribution in [2.75, 3.05) is 11.1 Å². The first kappa shape index (κ1) is 16.0. The number of aromatic nitrogens is 2. The van der Waals surface area contributed by atoms with Crippen molar-refractivity contribution in [3.63, 3.8) is 0 Å². The summed E-state index contributed by atoms with van der Waals surface area (Å²) in [4.78, 5) is 30.6. The van der Waals surface area contributed by atoms with E-state index < -0.39 is 17.5 Å². The molecule has 2 aromatic rings. The Hall–Kier alpha value is -1.87. The minimum absolute atomic E-state index is 0.00609. The Labute approximate surface area is 138 Å². The van der Waals surface area contributed by atoms with Crippen LogP contribution in [0.2, 0.25) is 0 Å². The number of thioether (sulfide) groups is 2.